The number of halogens is 1. The number of nitrogens with one attached hydrogen (secondary N) is 1. The normalized spacial score (nSPS) is 18.6. The lowest BCUT2D eigenvalue weighted by Crippen LogP contribution is -2.44. The molecule has 1 aliphatic rings. The first-order valence-corrected chi connectivity index (χ1v) is 11.1. The predicted molar refractivity (Wildman–Crippen MR) is 113 cm³/mol. The van der Waals surface area contributed by atoms with Gasteiger partial charge in [-0.3, -0.25) is 4.79 Å². The molecular weight excluding hydrogens is 438 g/mol. The van der Waals surface area contributed by atoms with E-state index in [0.717, 1.165) is 15.6 Å². The highest BCUT2D eigenvalue weighted by Gasteiger charge is 2.57. The number of carbonyl (C=O) groups is 1. The lowest BCUT2D eigenvalue weighted by molar-refractivity contribution is -0.118. The quantitative estimate of drug-likeness (QED) is 0.623. The van der Waals surface area contributed by atoms with Crippen molar-refractivity contribution in [2.24, 2.45) is 0 Å². The molecule has 28 heavy (non-hydrogen) atoms. The topological polar surface area (TPSA) is 63.2 Å². The van der Waals surface area contributed by atoms with Crippen molar-refractivity contribution in [2.75, 3.05) is 5.32 Å². The molecule has 4 rings (SSSR count). The zero-order chi connectivity index (χ0) is 19.9. The maximum Gasteiger partial charge on any atom is 0.251 e. The molecule has 3 aromatic rings. The summed E-state index contributed by atoms with van der Waals surface area (Å²) in [6, 6.07) is 21.0. The van der Waals surface area contributed by atoms with Crippen LogP contribution in [-0.4, -0.2) is 14.3 Å². The van der Waals surface area contributed by atoms with Crippen LogP contribution in [0, 0.1) is 6.92 Å². The second-order valence-corrected chi connectivity index (χ2v) is 10.0. The monoisotopic (exact) mass is 455 g/mol. The Kier molecular flexibility index (Phi) is 4.63. The summed E-state index contributed by atoms with van der Waals surface area (Å²) >= 11 is 3.43. The second-order valence-electron chi connectivity index (χ2n) is 6.95. The number of fused-ring (bicyclic) bond motifs is 1. The Bertz CT molecular complexity index is 1170. The van der Waals surface area contributed by atoms with Gasteiger partial charge < -0.3 is 5.32 Å². The van der Waals surface area contributed by atoms with E-state index in [1.807, 2.05) is 31.2 Å². The van der Waals surface area contributed by atoms with Gasteiger partial charge in [-0.05, 0) is 42.8 Å². The van der Waals surface area contributed by atoms with E-state index in [2.05, 4.69) is 21.2 Å². The molecule has 1 amide bonds. The van der Waals surface area contributed by atoms with Crippen molar-refractivity contribution in [1.82, 2.24) is 0 Å². The summed E-state index contributed by atoms with van der Waals surface area (Å²) < 4.78 is 26.8. The van der Waals surface area contributed by atoms with Gasteiger partial charge in [0.05, 0.1) is 4.90 Å². The van der Waals surface area contributed by atoms with Crippen LogP contribution in [0.25, 0.3) is 0 Å². The number of aryl methyl sites for hydroxylation is 1. The van der Waals surface area contributed by atoms with Gasteiger partial charge in [-0.1, -0.05) is 64.0 Å². The van der Waals surface area contributed by atoms with Crippen molar-refractivity contribution in [3.63, 3.8) is 0 Å². The van der Waals surface area contributed by atoms with Crippen LogP contribution in [0.5, 0.6) is 0 Å². The third-order valence-electron chi connectivity index (χ3n) is 5.11. The molecule has 1 aliphatic heterocycles. The van der Waals surface area contributed by atoms with E-state index >= 15 is 0 Å². The Morgan fingerprint density at radius 2 is 1.68 bits per heavy atom. The number of hydrogen-bond acceptors (Lipinski definition) is 3. The number of para-hydroxylation sites is 1. The van der Waals surface area contributed by atoms with Gasteiger partial charge in [-0.15, -0.1) is 0 Å². The molecule has 0 radical (unpaired) electrons. The zero-order valence-corrected chi connectivity index (χ0v) is 17.5. The molecule has 3 aromatic carbocycles. The van der Waals surface area contributed by atoms with Crippen molar-refractivity contribution in [2.45, 2.75) is 23.0 Å². The van der Waals surface area contributed by atoms with Crippen LogP contribution in [0.1, 0.15) is 16.7 Å². The van der Waals surface area contributed by atoms with Gasteiger partial charge in [0.15, 0.2) is 14.6 Å². The van der Waals surface area contributed by atoms with Crippen molar-refractivity contribution in [3.8, 4) is 0 Å². The van der Waals surface area contributed by atoms with Gasteiger partial charge in [0.1, 0.15) is 0 Å². The van der Waals surface area contributed by atoms with Crippen LogP contribution >= 0.6 is 15.9 Å². The summed E-state index contributed by atoms with van der Waals surface area (Å²) in [6.45, 7) is 1.89. The lowest BCUT2D eigenvalue weighted by atomic mass is 9.92. The molecule has 0 saturated carbocycles. The van der Waals surface area contributed by atoms with Crippen LogP contribution in [0.2, 0.25) is 0 Å². The molecule has 0 fully saturated rings. The Labute approximate surface area is 172 Å². The summed E-state index contributed by atoms with van der Waals surface area (Å²) in [6.07, 6.45) is 0.0471. The number of carbonyl (C=O) groups excluding carboxylic acids is 1. The number of benzene rings is 3. The van der Waals surface area contributed by atoms with E-state index in [-0.39, 0.29) is 11.3 Å². The smallest absolute Gasteiger partial charge is 0.251 e. The van der Waals surface area contributed by atoms with Gasteiger partial charge in [-0.25, -0.2) is 8.42 Å². The van der Waals surface area contributed by atoms with Crippen molar-refractivity contribution >= 4 is 37.4 Å². The highest BCUT2D eigenvalue weighted by atomic mass is 79.9. The minimum absolute atomic E-state index is 0.0471. The molecule has 1 heterocycles. The van der Waals surface area contributed by atoms with Crippen molar-refractivity contribution in [3.05, 3.63) is 94.0 Å². The van der Waals surface area contributed by atoms with Crippen LogP contribution in [0.3, 0.4) is 0 Å². The number of anilines is 1. The first-order chi connectivity index (χ1) is 13.3. The zero-order valence-electron chi connectivity index (χ0n) is 15.1. The second kappa shape index (κ2) is 6.87. The molecule has 0 saturated heterocycles. The summed E-state index contributed by atoms with van der Waals surface area (Å²) in [4.78, 5) is 13.4. The first-order valence-electron chi connectivity index (χ1n) is 8.81. The van der Waals surface area contributed by atoms with Crippen LogP contribution in [-0.2, 0) is 25.8 Å². The minimum Gasteiger partial charge on any atom is -0.324 e. The number of hydrogen-bond donors (Lipinski definition) is 1. The highest BCUT2D eigenvalue weighted by Crippen LogP contribution is 2.47. The fourth-order valence-corrected chi connectivity index (χ4v) is 6.14. The third kappa shape index (κ3) is 2.88. The maximum absolute atomic E-state index is 13.9. The summed E-state index contributed by atoms with van der Waals surface area (Å²) in [5, 5.41) is 2.78. The van der Waals surface area contributed by atoms with Gasteiger partial charge in [0, 0.05) is 22.1 Å². The minimum atomic E-state index is -4.02. The number of sulfone groups is 1. The Morgan fingerprint density at radius 1 is 0.964 bits per heavy atom. The molecule has 1 atom stereocenters. The molecule has 0 aromatic heterocycles. The van der Waals surface area contributed by atoms with E-state index in [9.17, 15) is 13.2 Å². The summed E-state index contributed by atoms with van der Waals surface area (Å²) in [5.41, 5.74) is 2.74. The van der Waals surface area contributed by atoms with Gasteiger partial charge >= 0.3 is 0 Å². The largest absolute Gasteiger partial charge is 0.324 e. The fraction of sp³-hybridized carbons (Fsp3) is 0.136. The maximum atomic E-state index is 13.9. The third-order valence-corrected chi connectivity index (χ3v) is 7.96. The van der Waals surface area contributed by atoms with E-state index < -0.39 is 20.5 Å². The van der Waals surface area contributed by atoms with Gasteiger partial charge in [0.25, 0.3) is 5.91 Å². The molecule has 4 nitrogen and oxygen atoms in total. The summed E-state index contributed by atoms with van der Waals surface area (Å²) in [7, 11) is -4.02. The van der Waals surface area contributed by atoms with Gasteiger partial charge in [-0.2, -0.15) is 0 Å². The molecule has 1 unspecified atom stereocenters. The average molecular weight is 456 g/mol. The predicted octanol–water partition coefficient (Wildman–Crippen LogP) is 4.62. The fourth-order valence-electron chi connectivity index (χ4n) is 3.68. The van der Waals surface area contributed by atoms with Crippen LogP contribution < -0.4 is 5.32 Å². The molecule has 142 valence electrons. The van der Waals surface area contributed by atoms with Crippen LogP contribution in [0.15, 0.2) is 82.2 Å². The lowest BCUT2D eigenvalue weighted by Gasteiger charge is -2.28. The van der Waals surface area contributed by atoms with E-state index in [4.69, 9.17) is 0 Å². The number of amides is 1. The van der Waals surface area contributed by atoms with E-state index in [1.54, 1.807) is 48.5 Å². The highest BCUT2D eigenvalue weighted by molar-refractivity contribution is 9.10. The standard InChI is InChI=1S/C22H18BrNO3S/c1-15-9-11-18(12-10-15)28(26,27)22(14-16-5-4-6-17(23)13-16)19-7-2-3-8-20(19)24-21(22)25/h2-13H,14H2,1H3,(H,24,25). The molecule has 0 aliphatic carbocycles. The Hall–Kier alpha value is -2.44. The Balaban J connectivity index is 1.97. The molecular formula is C22H18BrNO3S. The van der Waals surface area contributed by atoms with E-state index in [0.29, 0.717) is 11.3 Å². The number of rotatable bonds is 4. The van der Waals surface area contributed by atoms with Crippen molar-refractivity contribution < 1.29 is 13.2 Å². The summed E-state index contributed by atoms with van der Waals surface area (Å²) in [5.74, 6) is -0.519. The SMILES string of the molecule is Cc1ccc(S(=O)(=O)C2(Cc3cccc(Br)c3)C(=O)Nc3ccccc32)cc1. The van der Waals surface area contributed by atoms with Crippen LogP contribution in [0.4, 0.5) is 5.69 Å². The average Bonchev–Trinajstić information content (AvgIpc) is 2.95. The molecule has 6 heteroatoms. The molecule has 1 N–H and O–H groups in total. The van der Waals surface area contributed by atoms with Gasteiger partial charge in [0.2, 0.25) is 0 Å². The Morgan fingerprint density at radius 3 is 2.39 bits per heavy atom. The molecule has 0 bridgehead atoms. The molecule has 0 spiro atoms. The van der Waals surface area contributed by atoms with E-state index in [1.165, 1.54) is 0 Å². The van der Waals surface area contributed by atoms with Crippen molar-refractivity contribution in [1.29, 1.82) is 0 Å². The first kappa shape index (κ1) is 18.9.